The summed E-state index contributed by atoms with van der Waals surface area (Å²) in [7, 11) is 0. The van der Waals surface area contributed by atoms with Crippen LogP contribution in [-0.2, 0) is 0 Å². The molecule has 1 aromatic rings. The van der Waals surface area contributed by atoms with Crippen LogP contribution in [0.2, 0.25) is 10.6 Å². The molecule has 0 saturated carbocycles. The van der Waals surface area contributed by atoms with Crippen LogP contribution in [0, 0.1) is 0 Å². The van der Waals surface area contributed by atoms with Gasteiger partial charge in [-0.3, -0.25) is 0 Å². The zero-order valence-corrected chi connectivity index (χ0v) is 10.4. The van der Waals surface area contributed by atoms with Crippen LogP contribution in [0.5, 0.6) is 0 Å². The Hall–Kier alpha value is -1.45. The third-order valence-corrected chi connectivity index (χ3v) is 2.38. The SMILES string of the molecule is Clc1nc(Cl)nc(/C2=C/C=C\C=C/CC=C2)n1. The second-order valence-electron chi connectivity index (χ2n) is 3.27. The van der Waals surface area contributed by atoms with Crippen LogP contribution in [-0.4, -0.2) is 15.0 Å². The number of nitrogens with zero attached hydrogens (tertiary/aromatic N) is 3. The van der Waals surface area contributed by atoms with Crippen LogP contribution in [0.15, 0.2) is 42.5 Å². The van der Waals surface area contributed by atoms with E-state index in [-0.39, 0.29) is 10.6 Å². The van der Waals surface area contributed by atoms with Crippen molar-refractivity contribution in [2.45, 2.75) is 6.42 Å². The van der Waals surface area contributed by atoms with Crippen molar-refractivity contribution >= 4 is 28.8 Å². The first kappa shape index (κ1) is 12.0. The maximum Gasteiger partial charge on any atom is 0.227 e. The minimum absolute atomic E-state index is 0.0938. The summed E-state index contributed by atoms with van der Waals surface area (Å²) in [4.78, 5) is 11.8. The lowest BCUT2D eigenvalue weighted by molar-refractivity contribution is 1.02. The average Bonchev–Trinajstić information content (AvgIpc) is 2.40. The van der Waals surface area contributed by atoms with E-state index in [4.69, 9.17) is 23.2 Å². The summed E-state index contributed by atoms with van der Waals surface area (Å²) in [5, 5.41) is 0.188. The van der Waals surface area contributed by atoms with Crippen LogP contribution >= 0.6 is 23.2 Å². The van der Waals surface area contributed by atoms with E-state index in [1.54, 1.807) is 0 Å². The van der Waals surface area contributed by atoms with Gasteiger partial charge in [-0.05, 0) is 29.6 Å². The highest BCUT2D eigenvalue weighted by Gasteiger charge is 2.05. The van der Waals surface area contributed by atoms with Gasteiger partial charge in [0, 0.05) is 5.57 Å². The smallest absolute Gasteiger partial charge is 0.198 e. The first-order chi connectivity index (χ1) is 8.25. The number of allylic oxidation sites excluding steroid dienone is 8. The van der Waals surface area contributed by atoms with Crippen LogP contribution in [0.1, 0.15) is 12.2 Å². The molecule has 86 valence electrons. The number of rotatable bonds is 1. The van der Waals surface area contributed by atoms with Crippen molar-refractivity contribution in [2.75, 3.05) is 0 Å². The fourth-order valence-corrected chi connectivity index (χ4v) is 1.68. The fraction of sp³-hybridized carbons (Fsp3) is 0.0833. The molecule has 0 aromatic carbocycles. The van der Waals surface area contributed by atoms with E-state index in [2.05, 4.69) is 21.0 Å². The summed E-state index contributed by atoms with van der Waals surface area (Å²) in [6.45, 7) is 0. The molecule has 2 rings (SSSR count). The van der Waals surface area contributed by atoms with Crippen molar-refractivity contribution in [3.05, 3.63) is 58.9 Å². The van der Waals surface area contributed by atoms with Gasteiger partial charge in [0.15, 0.2) is 5.82 Å². The lowest BCUT2D eigenvalue weighted by Gasteiger charge is -2.00. The molecule has 0 saturated heterocycles. The van der Waals surface area contributed by atoms with Crippen molar-refractivity contribution in [1.82, 2.24) is 15.0 Å². The minimum atomic E-state index is 0.0938. The van der Waals surface area contributed by atoms with Gasteiger partial charge in [0.2, 0.25) is 10.6 Å². The normalized spacial score (nSPS) is 21.9. The van der Waals surface area contributed by atoms with E-state index < -0.39 is 0 Å². The van der Waals surface area contributed by atoms with Crippen molar-refractivity contribution < 1.29 is 0 Å². The quantitative estimate of drug-likeness (QED) is 0.779. The Morgan fingerprint density at radius 3 is 2.41 bits per heavy atom. The molecule has 0 fully saturated rings. The third-order valence-electron chi connectivity index (χ3n) is 2.04. The Morgan fingerprint density at radius 1 is 0.882 bits per heavy atom. The molecular weight excluding hydrogens is 257 g/mol. The molecule has 0 radical (unpaired) electrons. The van der Waals surface area contributed by atoms with Gasteiger partial charge in [-0.1, -0.05) is 42.5 Å². The molecule has 1 aliphatic rings. The summed E-state index contributed by atoms with van der Waals surface area (Å²) in [6, 6.07) is 0. The Morgan fingerprint density at radius 2 is 1.65 bits per heavy atom. The van der Waals surface area contributed by atoms with Crippen LogP contribution in [0.3, 0.4) is 0 Å². The highest BCUT2D eigenvalue weighted by Crippen LogP contribution is 2.16. The third kappa shape index (κ3) is 3.51. The topological polar surface area (TPSA) is 38.7 Å². The molecule has 1 aromatic heterocycles. The van der Waals surface area contributed by atoms with Crippen molar-refractivity contribution in [2.24, 2.45) is 0 Å². The summed E-state index contributed by atoms with van der Waals surface area (Å²) < 4.78 is 0. The summed E-state index contributed by atoms with van der Waals surface area (Å²) in [6.07, 6.45) is 14.6. The van der Waals surface area contributed by atoms with Gasteiger partial charge in [-0.15, -0.1) is 0 Å². The van der Waals surface area contributed by atoms with Crippen LogP contribution < -0.4 is 0 Å². The molecule has 0 unspecified atom stereocenters. The van der Waals surface area contributed by atoms with Gasteiger partial charge in [-0.25, -0.2) is 0 Å². The van der Waals surface area contributed by atoms with Gasteiger partial charge in [0.25, 0.3) is 0 Å². The summed E-state index contributed by atoms with van der Waals surface area (Å²) in [5.41, 5.74) is 0.844. The molecule has 1 aliphatic carbocycles. The first-order valence-electron chi connectivity index (χ1n) is 5.03. The first-order valence-corrected chi connectivity index (χ1v) is 5.79. The van der Waals surface area contributed by atoms with Gasteiger partial charge >= 0.3 is 0 Å². The zero-order chi connectivity index (χ0) is 12.1. The molecule has 3 nitrogen and oxygen atoms in total. The fourth-order valence-electron chi connectivity index (χ4n) is 1.31. The van der Waals surface area contributed by atoms with Crippen LogP contribution in [0.4, 0.5) is 0 Å². The highest BCUT2D eigenvalue weighted by atomic mass is 35.5. The molecule has 17 heavy (non-hydrogen) atoms. The maximum atomic E-state index is 5.75. The Balaban J connectivity index is 2.40. The van der Waals surface area contributed by atoms with Crippen molar-refractivity contribution in [3.63, 3.8) is 0 Å². The number of hydrogen-bond acceptors (Lipinski definition) is 3. The van der Waals surface area contributed by atoms with E-state index in [0.29, 0.717) is 5.82 Å². The van der Waals surface area contributed by atoms with Gasteiger partial charge < -0.3 is 0 Å². The van der Waals surface area contributed by atoms with E-state index in [1.807, 2.05) is 36.5 Å². The lowest BCUT2D eigenvalue weighted by Crippen LogP contribution is -1.96. The van der Waals surface area contributed by atoms with Gasteiger partial charge in [0.05, 0.1) is 0 Å². The lowest BCUT2D eigenvalue weighted by atomic mass is 10.2. The second kappa shape index (κ2) is 5.75. The van der Waals surface area contributed by atoms with Crippen molar-refractivity contribution in [1.29, 1.82) is 0 Å². The molecule has 0 bridgehead atoms. The standard InChI is InChI=1S/C12H9Cl2N3/c13-11-15-10(16-12(14)17-11)9-7-5-3-1-2-4-6-8-9/h1-3,5-8H,4H2/b2-1-,5-3-,8-6?,9-7+. The molecule has 0 spiro atoms. The predicted molar refractivity (Wildman–Crippen MR) is 69.9 cm³/mol. The molecule has 1 heterocycles. The van der Waals surface area contributed by atoms with E-state index in [1.165, 1.54) is 0 Å². The number of halogens is 2. The Bertz CT molecular complexity index is 510. The highest BCUT2D eigenvalue weighted by molar-refractivity contribution is 6.31. The Kier molecular flexibility index (Phi) is 4.07. The van der Waals surface area contributed by atoms with E-state index >= 15 is 0 Å². The second-order valence-corrected chi connectivity index (χ2v) is 3.95. The van der Waals surface area contributed by atoms with Gasteiger partial charge in [-0.2, -0.15) is 15.0 Å². The predicted octanol–water partition coefficient (Wildman–Crippen LogP) is 3.63. The molecule has 0 amide bonds. The van der Waals surface area contributed by atoms with Crippen molar-refractivity contribution in [3.8, 4) is 0 Å². The molecule has 5 heteroatoms. The molecule has 0 aliphatic heterocycles. The Labute approximate surface area is 109 Å². The minimum Gasteiger partial charge on any atom is -0.198 e. The maximum absolute atomic E-state index is 5.75. The monoisotopic (exact) mass is 265 g/mol. The number of hydrogen-bond donors (Lipinski definition) is 0. The molecule has 0 atom stereocenters. The molecular formula is C12H9Cl2N3. The van der Waals surface area contributed by atoms with Crippen LogP contribution in [0.25, 0.3) is 5.57 Å². The van der Waals surface area contributed by atoms with E-state index in [0.717, 1.165) is 12.0 Å². The zero-order valence-electron chi connectivity index (χ0n) is 8.85. The van der Waals surface area contributed by atoms with E-state index in [9.17, 15) is 0 Å². The largest absolute Gasteiger partial charge is 0.227 e. The summed E-state index contributed by atoms with van der Waals surface area (Å²) >= 11 is 11.5. The average molecular weight is 266 g/mol. The number of aromatic nitrogens is 3. The van der Waals surface area contributed by atoms with Gasteiger partial charge in [0.1, 0.15) is 0 Å². The summed E-state index contributed by atoms with van der Waals surface area (Å²) in [5.74, 6) is 0.470. The molecule has 0 N–H and O–H groups in total.